The Hall–Kier alpha value is -2.53. The summed E-state index contributed by atoms with van der Waals surface area (Å²) >= 11 is 5.07. The molecule has 0 aliphatic carbocycles. The molecule has 0 saturated heterocycles. The van der Waals surface area contributed by atoms with E-state index in [4.69, 9.17) is 12.2 Å². The Kier molecular flexibility index (Phi) is 6.44. The number of carbonyl (C=O) groups is 1. The molecule has 0 saturated carbocycles. The van der Waals surface area contributed by atoms with Crippen LogP contribution >= 0.6 is 12.2 Å². The van der Waals surface area contributed by atoms with Gasteiger partial charge in [-0.1, -0.05) is 42.5 Å². The topological polar surface area (TPSA) is 41.1 Å². The van der Waals surface area contributed by atoms with Crippen molar-refractivity contribution in [2.45, 2.75) is 6.42 Å². The Morgan fingerprint density at radius 1 is 1.09 bits per heavy atom. The van der Waals surface area contributed by atoms with Crippen LogP contribution in [0.1, 0.15) is 11.1 Å². The van der Waals surface area contributed by atoms with Gasteiger partial charge in [0.2, 0.25) is 5.91 Å². The fraction of sp³-hybridized carbons (Fsp3) is 0.111. The third-order valence-electron chi connectivity index (χ3n) is 3.08. The molecule has 2 aromatic rings. The van der Waals surface area contributed by atoms with E-state index < -0.39 is 0 Å². The highest BCUT2D eigenvalue weighted by Crippen LogP contribution is 2.04. The first-order valence-corrected chi connectivity index (χ1v) is 7.61. The lowest BCUT2D eigenvalue weighted by Crippen LogP contribution is -2.39. The number of hydrogen-bond donors (Lipinski definition) is 2. The van der Waals surface area contributed by atoms with Gasteiger partial charge >= 0.3 is 0 Å². The second kappa shape index (κ2) is 8.80. The van der Waals surface area contributed by atoms with Gasteiger partial charge in [0.25, 0.3) is 0 Å². The third-order valence-corrected chi connectivity index (χ3v) is 3.32. The molecular weight excluding hydrogens is 311 g/mol. The van der Waals surface area contributed by atoms with Gasteiger partial charge in [0.15, 0.2) is 5.11 Å². The van der Waals surface area contributed by atoms with E-state index in [1.165, 1.54) is 23.8 Å². The van der Waals surface area contributed by atoms with Crippen LogP contribution < -0.4 is 10.6 Å². The van der Waals surface area contributed by atoms with Gasteiger partial charge in [-0.15, -0.1) is 0 Å². The number of halogens is 1. The molecule has 118 valence electrons. The molecule has 0 spiro atoms. The minimum atomic E-state index is -0.327. The summed E-state index contributed by atoms with van der Waals surface area (Å²) in [6, 6.07) is 15.9. The van der Waals surface area contributed by atoms with Crippen molar-refractivity contribution in [2.75, 3.05) is 6.54 Å². The number of benzene rings is 2. The van der Waals surface area contributed by atoms with E-state index in [2.05, 4.69) is 10.6 Å². The van der Waals surface area contributed by atoms with Gasteiger partial charge in [-0.05, 0) is 48.0 Å². The highest BCUT2D eigenvalue weighted by Gasteiger charge is 2.00. The first-order chi connectivity index (χ1) is 11.1. The Morgan fingerprint density at radius 3 is 2.48 bits per heavy atom. The number of thiocarbonyl (C=S) groups is 1. The predicted molar refractivity (Wildman–Crippen MR) is 94.3 cm³/mol. The van der Waals surface area contributed by atoms with Crippen molar-refractivity contribution in [1.29, 1.82) is 0 Å². The van der Waals surface area contributed by atoms with Gasteiger partial charge in [0.05, 0.1) is 0 Å². The van der Waals surface area contributed by atoms with Gasteiger partial charge in [-0.25, -0.2) is 4.39 Å². The summed E-state index contributed by atoms with van der Waals surface area (Å²) in [5, 5.41) is 5.84. The van der Waals surface area contributed by atoms with Gasteiger partial charge in [0.1, 0.15) is 5.82 Å². The molecule has 0 aromatic heterocycles. The second-order valence-electron chi connectivity index (χ2n) is 4.87. The minimum Gasteiger partial charge on any atom is -0.362 e. The van der Waals surface area contributed by atoms with Crippen LogP contribution in [0.4, 0.5) is 4.39 Å². The van der Waals surface area contributed by atoms with Crippen LogP contribution in [0.15, 0.2) is 60.7 Å². The normalized spacial score (nSPS) is 10.5. The molecule has 0 atom stereocenters. The standard InChI is InChI=1S/C18H17FN2OS/c19-16-9-6-15(7-10-16)8-11-17(22)21-18(23)20-13-12-14-4-2-1-3-5-14/h1-11H,12-13H2,(H2,20,21,22,23)/b11-8+. The number of rotatable bonds is 5. The molecule has 2 N–H and O–H groups in total. The van der Waals surface area contributed by atoms with Crippen LogP contribution in [0.25, 0.3) is 6.08 Å². The van der Waals surface area contributed by atoms with Gasteiger partial charge in [0, 0.05) is 12.6 Å². The molecule has 0 bridgehead atoms. The Balaban J connectivity index is 1.72. The van der Waals surface area contributed by atoms with Crippen LogP contribution in [0.3, 0.4) is 0 Å². The smallest absolute Gasteiger partial charge is 0.250 e. The predicted octanol–water partition coefficient (Wildman–Crippen LogP) is 3.07. The van der Waals surface area contributed by atoms with Crippen molar-refractivity contribution < 1.29 is 9.18 Å². The van der Waals surface area contributed by atoms with Crippen molar-refractivity contribution in [2.24, 2.45) is 0 Å². The summed E-state index contributed by atoms with van der Waals surface area (Å²) in [6.45, 7) is 0.644. The van der Waals surface area contributed by atoms with Crippen molar-refractivity contribution >= 4 is 29.3 Å². The molecule has 2 aromatic carbocycles. The zero-order chi connectivity index (χ0) is 16.5. The maximum atomic E-state index is 12.8. The molecule has 3 nitrogen and oxygen atoms in total. The zero-order valence-electron chi connectivity index (χ0n) is 12.5. The number of amides is 1. The average molecular weight is 328 g/mol. The quantitative estimate of drug-likeness (QED) is 0.655. The highest BCUT2D eigenvalue weighted by atomic mass is 32.1. The summed E-state index contributed by atoms with van der Waals surface area (Å²) in [5.74, 6) is -0.637. The Bertz CT molecular complexity index is 684. The molecule has 5 heteroatoms. The van der Waals surface area contributed by atoms with Crippen molar-refractivity contribution in [1.82, 2.24) is 10.6 Å². The molecular formula is C18H17FN2OS. The van der Waals surface area contributed by atoms with Crippen LogP contribution in [0, 0.1) is 5.82 Å². The van der Waals surface area contributed by atoms with Crippen LogP contribution in [-0.2, 0) is 11.2 Å². The zero-order valence-corrected chi connectivity index (χ0v) is 13.3. The Morgan fingerprint density at radius 2 is 1.78 bits per heavy atom. The van der Waals surface area contributed by atoms with Gasteiger partial charge in [-0.3, -0.25) is 10.1 Å². The summed E-state index contributed by atoms with van der Waals surface area (Å²) in [7, 11) is 0. The lowest BCUT2D eigenvalue weighted by atomic mass is 10.1. The van der Waals surface area contributed by atoms with E-state index in [1.807, 2.05) is 30.3 Å². The minimum absolute atomic E-state index is 0.287. The van der Waals surface area contributed by atoms with Crippen LogP contribution in [0.5, 0.6) is 0 Å². The highest BCUT2D eigenvalue weighted by molar-refractivity contribution is 7.80. The lowest BCUT2D eigenvalue weighted by Gasteiger charge is -2.08. The van der Waals surface area contributed by atoms with E-state index in [-0.39, 0.29) is 16.8 Å². The van der Waals surface area contributed by atoms with Crippen molar-refractivity contribution in [3.05, 3.63) is 77.6 Å². The molecule has 0 aliphatic heterocycles. The molecule has 0 heterocycles. The molecule has 2 rings (SSSR count). The SMILES string of the molecule is O=C(/C=C/c1ccc(F)cc1)NC(=S)NCCc1ccccc1. The van der Waals surface area contributed by atoms with E-state index in [1.54, 1.807) is 18.2 Å². The first kappa shape index (κ1) is 16.8. The van der Waals surface area contributed by atoms with Gasteiger partial charge in [-0.2, -0.15) is 0 Å². The molecule has 0 unspecified atom stereocenters. The van der Waals surface area contributed by atoms with Crippen LogP contribution in [-0.4, -0.2) is 17.6 Å². The fourth-order valence-electron chi connectivity index (χ4n) is 1.91. The molecule has 23 heavy (non-hydrogen) atoms. The second-order valence-corrected chi connectivity index (χ2v) is 5.27. The maximum Gasteiger partial charge on any atom is 0.250 e. The van der Waals surface area contributed by atoms with E-state index >= 15 is 0 Å². The summed E-state index contributed by atoms with van der Waals surface area (Å²) < 4.78 is 12.8. The molecule has 1 amide bonds. The molecule has 0 radical (unpaired) electrons. The lowest BCUT2D eigenvalue weighted by molar-refractivity contribution is -0.115. The third kappa shape index (κ3) is 6.40. The van der Waals surface area contributed by atoms with Crippen molar-refractivity contribution in [3.63, 3.8) is 0 Å². The number of nitrogens with one attached hydrogen (secondary N) is 2. The van der Waals surface area contributed by atoms with E-state index in [0.717, 1.165) is 12.0 Å². The van der Waals surface area contributed by atoms with E-state index in [9.17, 15) is 9.18 Å². The monoisotopic (exact) mass is 328 g/mol. The summed E-state index contributed by atoms with van der Waals surface area (Å²) in [4.78, 5) is 11.7. The van der Waals surface area contributed by atoms with Crippen LogP contribution in [0.2, 0.25) is 0 Å². The maximum absolute atomic E-state index is 12.8. The van der Waals surface area contributed by atoms with E-state index in [0.29, 0.717) is 6.54 Å². The first-order valence-electron chi connectivity index (χ1n) is 7.20. The largest absolute Gasteiger partial charge is 0.362 e. The number of carbonyl (C=O) groups excluding carboxylic acids is 1. The van der Waals surface area contributed by atoms with Gasteiger partial charge < -0.3 is 5.32 Å². The molecule has 0 fully saturated rings. The number of hydrogen-bond acceptors (Lipinski definition) is 2. The van der Waals surface area contributed by atoms with Crippen molar-refractivity contribution in [3.8, 4) is 0 Å². The molecule has 0 aliphatic rings. The summed E-state index contributed by atoms with van der Waals surface area (Å²) in [6.07, 6.45) is 3.78. The summed E-state index contributed by atoms with van der Waals surface area (Å²) in [5.41, 5.74) is 1.94. The Labute approximate surface area is 140 Å². The average Bonchev–Trinajstić information content (AvgIpc) is 2.55. The fourth-order valence-corrected chi connectivity index (χ4v) is 2.11.